The van der Waals surface area contributed by atoms with Crippen molar-refractivity contribution in [1.82, 2.24) is 0 Å². The molecule has 0 aliphatic heterocycles. The molecule has 0 N–H and O–H groups in total. The van der Waals surface area contributed by atoms with Gasteiger partial charge in [-0.05, 0) is 35.4 Å². The van der Waals surface area contributed by atoms with E-state index in [2.05, 4.69) is 12.1 Å². The van der Waals surface area contributed by atoms with Crippen LogP contribution in [-0.4, -0.2) is 0 Å². The van der Waals surface area contributed by atoms with Gasteiger partial charge in [-0.15, -0.1) is 0 Å². The molecular formula is C24H18N2. The summed E-state index contributed by atoms with van der Waals surface area (Å²) in [7, 11) is 0. The van der Waals surface area contributed by atoms with E-state index in [0.717, 1.165) is 11.1 Å². The summed E-state index contributed by atoms with van der Waals surface area (Å²) in [6.45, 7) is 0. The Morgan fingerprint density at radius 1 is 0.615 bits per heavy atom. The SMILES string of the molecule is N#CC(C=CC(C#N)=CC=Cc1ccccc1)=CC=Cc1ccccc1. The van der Waals surface area contributed by atoms with Gasteiger partial charge in [0.2, 0.25) is 0 Å². The smallest absolute Gasteiger partial charge is 0.0991 e. The van der Waals surface area contributed by atoms with Gasteiger partial charge < -0.3 is 0 Å². The van der Waals surface area contributed by atoms with Crippen LogP contribution in [0.25, 0.3) is 12.2 Å². The average molecular weight is 334 g/mol. The molecule has 2 rings (SSSR count). The first kappa shape index (κ1) is 18.5. The molecule has 0 unspecified atom stereocenters. The average Bonchev–Trinajstić information content (AvgIpc) is 2.70. The van der Waals surface area contributed by atoms with Crippen LogP contribution in [0.2, 0.25) is 0 Å². The van der Waals surface area contributed by atoms with Gasteiger partial charge in [-0.1, -0.05) is 85.0 Å². The van der Waals surface area contributed by atoms with Gasteiger partial charge in [-0.3, -0.25) is 0 Å². The van der Waals surface area contributed by atoms with Crippen LogP contribution < -0.4 is 0 Å². The summed E-state index contributed by atoms with van der Waals surface area (Å²) in [6.07, 6.45) is 14.2. The minimum absolute atomic E-state index is 0.477. The number of hydrogen-bond donors (Lipinski definition) is 0. The van der Waals surface area contributed by atoms with Crippen LogP contribution >= 0.6 is 0 Å². The first-order valence-electron chi connectivity index (χ1n) is 8.17. The van der Waals surface area contributed by atoms with E-state index in [1.54, 1.807) is 24.3 Å². The van der Waals surface area contributed by atoms with Gasteiger partial charge in [0.15, 0.2) is 0 Å². The Bertz CT molecular complexity index is 850. The fraction of sp³-hybridized carbons (Fsp3) is 0. The minimum Gasteiger partial charge on any atom is -0.192 e. The Hall–Kier alpha value is -3.88. The van der Waals surface area contributed by atoms with E-state index in [9.17, 15) is 10.5 Å². The number of nitrogens with zero attached hydrogens (tertiary/aromatic N) is 2. The number of nitriles is 2. The predicted octanol–water partition coefficient (Wildman–Crippen LogP) is 5.87. The second kappa shape index (κ2) is 10.8. The molecule has 2 aromatic carbocycles. The number of benzene rings is 2. The molecule has 0 radical (unpaired) electrons. The van der Waals surface area contributed by atoms with Crippen LogP contribution in [0.4, 0.5) is 0 Å². The zero-order valence-electron chi connectivity index (χ0n) is 14.3. The van der Waals surface area contributed by atoms with E-state index >= 15 is 0 Å². The molecule has 0 aliphatic carbocycles. The fourth-order valence-corrected chi connectivity index (χ4v) is 2.09. The van der Waals surface area contributed by atoms with E-state index in [0.29, 0.717) is 11.1 Å². The van der Waals surface area contributed by atoms with E-state index in [-0.39, 0.29) is 0 Å². The molecular weight excluding hydrogens is 316 g/mol. The molecule has 0 saturated carbocycles. The normalized spacial score (nSPS) is 12.5. The lowest BCUT2D eigenvalue weighted by molar-refractivity contribution is 1.48. The first-order chi connectivity index (χ1) is 12.8. The van der Waals surface area contributed by atoms with Gasteiger partial charge in [0.05, 0.1) is 23.3 Å². The molecule has 0 bridgehead atoms. The van der Waals surface area contributed by atoms with E-state index in [1.807, 2.05) is 85.0 Å². The summed E-state index contributed by atoms with van der Waals surface area (Å²) in [4.78, 5) is 0. The van der Waals surface area contributed by atoms with Crippen molar-refractivity contribution in [2.24, 2.45) is 0 Å². The first-order valence-corrected chi connectivity index (χ1v) is 8.17. The van der Waals surface area contributed by atoms with E-state index in [1.165, 1.54) is 0 Å². The highest BCUT2D eigenvalue weighted by Crippen LogP contribution is 2.06. The summed E-state index contributed by atoms with van der Waals surface area (Å²) >= 11 is 0. The minimum atomic E-state index is 0.477. The molecule has 0 fully saturated rings. The Balaban J connectivity index is 2.04. The molecule has 0 spiro atoms. The van der Waals surface area contributed by atoms with Crippen molar-refractivity contribution < 1.29 is 0 Å². The molecule has 2 aromatic rings. The number of allylic oxidation sites excluding steroid dienone is 8. The van der Waals surface area contributed by atoms with Crippen LogP contribution in [0.15, 0.2) is 108 Å². The van der Waals surface area contributed by atoms with Crippen molar-refractivity contribution in [2.75, 3.05) is 0 Å². The topological polar surface area (TPSA) is 47.6 Å². The summed E-state index contributed by atoms with van der Waals surface area (Å²) in [5.74, 6) is 0. The molecule has 0 amide bonds. The Labute approximate surface area is 154 Å². The third-order valence-corrected chi connectivity index (χ3v) is 3.43. The summed E-state index contributed by atoms with van der Waals surface area (Å²) in [5, 5.41) is 18.4. The molecule has 0 heterocycles. The highest BCUT2D eigenvalue weighted by atomic mass is 14.2. The number of hydrogen-bond acceptors (Lipinski definition) is 2. The van der Waals surface area contributed by atoms with Crippen molar-refractivity contribution >= 4 is 12.2 Å². The molecule has 0 aromatic heterocycles. The largest absolute Gasteiger partial charge is 0.192 e. The van der Waals surface area contributed by atoms with Gasteiger partial charge in [0.25, 0.3) is 0 Å². The second-order valence-corrected chi connectivity index (χ2v) is 5.34. The van der Waals surface area contributed by atoms with Crippen molar-refractivity contribution in [3.8, 4) is 12.1 Å². The second-order valence-electron chi connectivity index (χ2n) is 5.34. The number of rotatable bonds is 6. The Morgan fingerprint density at radius 2 is 1.00 bits per heavy atom. The van der Waals surface area contributed by atoms with Crippen molar-refractivity contribution in [1.29, 1.82) is 10.5 Å². The van der Waals surface area contributed by atoms with Gasteiger partial charge in [-0.2, -0.15) is 10.5 Å². The molecule has 2 nitrogen and oxygen atoms in total. The third-order valence-electron chi connectivity index (χ3n) is 3.43. The lowest BCUT2D eigenvalue weighted by atomic mass is 10.1. The predicted molar refractivity (Wildman–Crippen MR) is 107 cm³/mol. The highest BCUT2D eigenvalue weighted by Gasteiger charge is 1.90. The zero-order chi connectivity index (χ0) is 18.5. The summed E-state index contributed by atoms with van der Waals surface area (Å²) in [5.41, 5.74) is 3.08. The lowest BCUT2D eigenvalue weighted by Gasteiger charge is -1.91. The Morgan fingerprint density at radius 3 is 1.35 bits per heavy atom. The zero-order valence-corrected chi connectivity index (χ0v) is 14.3. The van der Waals surface area contributed by atoms with Gasteiger partial charge >= 0.3 is 0 Å². The van der Waals surface area contributed by atoms with Crippen molar-refractivity contribution in [2.45, 2.75) is 0 Å². The maximum atomic E-state index is 9.21. The van der Waals surface area contributed by atoms with Crippen LogP contribution in [0.3, 0.4) is 0 Å². The van der Waals surface area contributed by atoms with Crippen LogP contribution in [0.5, 0.6) is 0 Å². The van der Waals surface area contributed by atoms with Crippen LogP contribution in [0, 0.1) is 22.7 Å². The van der Waals surface area contributed by atoms with Gasteiger partial charge in [-0.25, -0.2) is 0 Å². The Kier molecular flexibility index (Phi) is 7.68. The lowest BCUT2D eigenvalue weighted by Crippen LogP contribution is -1.75. The van der Waals surface area contributed by atoms with Crippen LogP contribution in [-0.2, 0) is 0 Å². The molecule has 0 saturated heterocycles. The highest BCUT2D eigenvalue weighted by molar-refractivity contribution is 5.54. The summed E-state index contributed by atoms with van der Waals surface area (Å²) < 4.78 is 0. The quantitative estimate of drug-likeness (QED) is 0.490. The van der Waals surface area contributed by atoms with Gasteiger partial charge in [0, 0.05) is 0 Å². The third kappa shape index (κ3) is 6.71. The molecule has 26 heavy (non-hydrogen) atoms. The van der Waals surface area contributed by atoms with Crippen molar-refractivity contribution in [3.05, 3.63) is 119 Å². The summed E-state index contributed by atoms with van der Waals surface area (Å²) in [6, 6.07) is 23.9. The van der Waals surface area contributed by atoms with Gasteiger partial charge in [0.1, 0.15) is 0 Å². The van der Waals surface area contributed by atoms with Crippen LogP contribution in [0.1, 0.15) is 11.1 Å². The van der Waals surface area contributed by atoms with Crippen molar-refractivity contribution in [3.63, 3.8) is 0 Å². The molecule has 2 heteroatoms. The fourth-order valence-electron chi connectivity index (χ4n) is 2.09. The van der Waals surface area contributed by atoms with E-state index in [4.69, 9.17) is 0 Å². The molecule has 124 valence electrons. The monoisotopic (exact) mass is 334 g/mol. The van der Waals surface area contributed by atoms with E-state index < -0.39 is 0 Å². The molecule has 0 aliphatic rings. The standard InChI is InChI=1S/C24H18N2/c25-19-23(15-7-13-21-9-3-1-4-10-21)17-18-24(20-26)16-8-14-22-11-5-2-6-12-22/h1-18H. The maximum absolute atomic E-state index is 9.21. The molecule has 0 atom stereocenters. The maximum Gasteiger partial charge on any atom is 0.0991 e.